The zero-order chi connectivity index (χ0) is 24.1. The minimum Gasteiger partial charge on any atom is -0.339 e. The molecule has 1 N–H and O–H groups in total. The summed E-state index contributed by atoms with van der Waals surface area (Å²) in [5.41, 5.74) is 1.14. The van der Waals surface area contributed by atoms with Gasteiger partial charge in [0.05, 0.1) is 23.8 Å². The molecule has 2 atom stereocenters. The van der Waals surface area contributed by atoms with E-state index >= 15 is 0 Å². The number of amides is 3. The predicted molar refractivity (Wildman–Crippen MR) is 131 cm³/mol. The lowest BCUT2D eigenvalue weighted by atomic mass is 9.85. The van der Waals surface area contributed by atoms with E-state index in [1.54, 1.807) is 16.2 Å². The molecule has 9 nitrogen and oxygen atoms in total. The van der Waals surface area contributed by atoms with Crippen LogP contribution in [0.2, 0.25) is 0 Å². The normalized spacial score (nSPS) is 24.8. The molecule has 0 radical (unpaired) electrons. The summed E-state index contributed by atoms with van der Waals surface area (Å²) in [7, 11) is 0. The molecule has 0 saturated carbocycles. The molecule has 4 aliphatic rings. The number of nitrogens with one attached hydrogen (secondary N) is 1. The molecule has 0 spiro atoms. The van der Waals surface area contributed by atoms with Crippen LogP contribution in [0.25, 0.3) is 10.2 Å². The fourth-order valence-electron chi connectivity index (χ4n) is 5.91. The highest BCUT2D eigenvalue weighted by atomic mass is 32.1. The molecule has 4 heterocycles. The number of thiophene rings is 1. The van der Waals surface area contributed by atoms with Crippen molar-refractivity contribution in [1.82, 2.24) is 24.7 Å². The number of hydrogen-bond acceptors (Lipinski definition) is 7. The van der Waals surface area contributed by atoms with Crippen LogP contribution in [0.3, 0.4) is 0 Å². The molecule has 6 rings (SSSR count). The quantitative estimate of drug-likeness (QED) is 0.509. The van der Waals surface area contributed by atoms with Gasteiger partial charge < -0.3 is 9.88 Å². The number of nitrogens with zero attached hydrogens (tertiary/aromatic N) is 4. The summed E-state index contributed by atoms with van der Waals surface area (Å²) in [5.74, 6) is -0.564. The van der Waals surface area contributed by atoms with Crippen LogP contribution in [-0.2, 0) is 33.8 Å². The lowest BCUT2D eigenvalue weighted by Crippen LogP contribution is -2.51. The van der Waals surface area contributed by atoms with Crippen molar-refractivity contribution in [2.45, 2.75) is 45.1 Å². The van der Waals surface area contributed by atoms with Crippen LogP contribution in [0.5, 0.6) is 0 Å². The summed E-state index contributed by atoms with van der Waals surface area (Å²) >= 11 is 1.65. The van der Waals surface area contributed by atoms with Crippen LogP contribution in [0.4, 0.5) is 0 Å². The Morgan fingerprint density at radius 3 is 2.40 bits per heavy atom. The summed E-state index contributed by atoms with van der Waals surface area (Å²) in [4.78, 5) is 66.0. The lowest BCUT2D eigenvalue weighted by molar-refractivity contribution is -0.147. The van der Waals surface area contributed by atoms with E-state index in [0.29, 0.717) is 51.4 Å². The largest absolute Gasteiger partial charge is 0.339 e. The number of carbonyl (C=O) groups is 3. The van der Waals surface area contributed by atoms with Gasteiger partial charge in [0.2, 0.25) is 17.7 Å². The number of allylic oxidation sites excluding steroid dienone is 2. The van der Waals surface area contributed by atoms with Crippen LogP contribution in [0, 0.1) is 11.8 Å². The number of piperazine rings is 1. The number of fused-ring (bicyclic) bond motifs is 4. The Morgan fingerprint density at radius 1 is 1.00 bits per heavy atom. The standard InChI is InChI=1S/C25H29N5O4S/c31-20(14-30-24(33)15-5-1-2-6-16(15)25(30)34)29-11-9-28(10-12-29)13-19-26-22(32)21-17-7-3-4-8-18(17)35-23(21)27-19/h1-2,15-16H,3-14H2,(H,26,27,32)/t15-,16-/m1/s1. The number of hydrogen-bond donors (Lipinski definition) is 1. The molecular formula is C25H29N5O4S. The fraction of sp³-hybridized carbons (Fsp3) is 0.560. The number of rotatable bonds is 4. The van der Waals surface area contributed by atoms with Crippen LogP contribution >= 0.6 is 11.3 Å². The van der Waals surface area contributed by atoms with E-state index in [-0.39, 0.29) is 41.7 Å². The van der Waals surface area contributed by atoms with Crippen molar-refractivity contribution in [2.75, 3.05) is 32.7 Å². The number of aromatic nitrogens is 2. The zero-order valence-electron chi connectivity index (χ0n) is 19.6. The molecule has 0 unspecified atom stereocenters. The van der Waals surface area contributed by atoms with Crippen LogP contribution in [0.15, 0.2) is 16.9 Å². The first kappa shape index (κ1) is 22.6. The second kappa shape index (κ2) is 8.98. The second-order valence-corrected chi connectivity index (χ2v) is 11.1. The maximum absolute atomic E-state index is 12.9. The van der Waals surface area contributed by atoms with Gasteiger partial charge in [-0.1, -0.05) is 12.2 Å². The van der Waals surface area contributed by atoms with E-state index in [1.165, 1.54) is 21.8 Å². The third kappa shape index (κ3) is 4.02. The average molecular weight is 496 g/mol. The minimum absolute atomic E-state index is 0.0473. The Balaban J connectivity index is 1.07. The molecule has 3 amide bonds. The molecule has 10 heteroatoms. The smallest absolute Gasteiger partial charge is 0.259 e. The number of aromatic amines is 1. The average Bonchev–Trinajstić information content (AvgIpc) is 3.36. The minimum atomic E-state index is -0.307. The first-order valence-electron chi connectivity index (χ1n) is 12.5. The molecule has 2 aliphatic carbocycles. The number of carbonyl (C=O) groups excluding carboxylic acids is 3. The zero-order valence-corrected chi connectivity index (χ0v) is 20.4. The van der Waals surface area contributed by atoms with Gasteiger partial charge in [-0.25, -0.2) is 4.98 Å². The van der Waals surface area contributed by atoms with Gasteiger partial charge in [-0.15, -0.1) is 11.3 Å². The second-order valence-electron chi connectivity index (χ2n) is 9.98. The van der Waals surface area contributed by atoms with Gasteiger partial charge in [-0.2, -0.15) is 0 Å². The van der Waals surface area contributed by atoms with Crippen LogP contribution in [0.1, 0.15) is 41.9 Å². The van der Waals surface area contributed by atoms with Crippen molar-refractivity contribution in [3.05, 3.63) is 38.8 Å². The van der Waals surface area contributed by atoms with Gasteiger partial charge in [0.15, 0.2) is 0 Å². The topological polar surface area (TPSA) is 107 Å². The third-order valence-corrected chi connectivity index (χ3v) is 9.05. The molecule has 184 valence electrons. The van der Waals surface area contributed by atoms with Gasteiger partial charge in [-0.3, -0.25) is 29.0 Å². The van der Waals surface area contributed by atoms with Crippen molar-refractivity contribution in [3.63, 3.8) is 0 Å². The first-order chi connectivity index (χ1) is 17.0. The monoisotopic (exact) mass is 495 g/mol. The molecule has 2 aromatic rings. The molecule has 2 fully saturated rings. The third-order valence-electron chi connectivity index (χ3n) is 7.86. The molecule has 2 aromatic heterocycles. The van der Waals surface area contributed by atoms with Gasteiger partial charge in [0, 0.05) is 31.1 Å². The number of aryl methyl sites for hydroxylation is 2. The van der Waals surface area contributed by atoms with Crippen molar-refractivity contribution < 1.29 is 14.4 Å². The van der Waals surface area contributed by atoms with Crippen molar-refractivity contribution in [1.29, 1.82) is 0 Å². The number of H-pyrrole nitrogens is 1. The van der Waals surface area contributed by atoms with Crippen molar-refractivity contribution >= 4 is 39.3 Å². The number of imide groups is 1. The van der Waals surface area contributed by atoms with Crippen molar-refractivity contribution in [2.24, 2.45) is 11.8 Å². The highest BCUT2D eigenvalue weighted by Gasteiger charge is 2.48. The summed E-state index contributed by atoms with van der Waals surface area (Å²) in [6.07, 6.45) is 9.35. The fourth-order valence-corrected chi connectivity index (χ4v) is 7.19. The Hall–Kier alpha value is -2.85. The van der Waals surface area contributed by atoms with Gasteiger partial charge in [0.25, 0.3) is 5.56 Å². The maximum atomic E-state index is 12.9. The summed E-state index contributed by atoms with van der Waals surface area (Å²) in [6, 6.07) is 0. The van der Waals surface area contributed by atoms with Gasteiger partial charge in [-0.05, 0) is 44.1 Å². The SMILES string of the molecule is O=C(CN1C(=O)[C@@H]2CC=CC[C@H]2C1=O)N1CCN(Cc2nc3sc4c(c3c(=O)[nH]2)CCCC4)CC1. The first-order valence-corrected chi connectivity index (χ1v) is 13.3. The van der Waals surface area contributed by atoms with E-state index in [0.717, 1.165) is 29.5 Å². The van der Waals surface area contributed by atoms with Gasteiger partial charge >= 0.3 is 0 Å². The Bertz CT molecular complexity index is 1260. The molecule has 0 aromatic carbocycles. The van der Waals surface area contributed by atoms with E-state index in [9.17, 15) is 19.2 Å². The summed E-state index contributed by atoms with van der Waals surface area (Å²) in [5, 5.41) is 0.769. The van der Waals surface area contributed by atoms with Crippen molar-refractivity contribution in [3.8, 4) is 0 Å². The molecule has 2 aliphatic heterocycles. The molecule has 2 saturated heterocycles. The van der Waals surface area contributed by atoms with E-state index < -0.39 is 0 Å². The van der Waals surface area contributed by atoms with Gasteiger partial charge in [0.1, 0.15) is 17.2 Å². The van der Waals surface area contributed by atoms with E-state index in [1.807, 2.05) is 12.2 Å². The lowest BCUT2D eigenvalue weighted by Gasteiger charge is -2.35. The molecule has 35 heavy (non-hydrogen) atoms. The van der Waals surface area contributed by atoms with Crippen LogP contribution < -0.4 is 5.56 Å². The Labute approximate surface area is 206 Å². The number of likely N-dealkylation sites (tertiary alicyclic amines) is 1. The Kier molecular flexibility index (Phi) is 5.80. The van der Waals surface area contributed by atoms with E-state index in [4.69, 9.17) is 4.98 Å². The summed E-state index contributed by atoms with van der Waals surface area (Å²) in [6.45, 7) is 2.68. The molecule has 0 bridgehead atoms. The summed E-state index contributed by atoms with van der Waals surface area (Å²) < 4.78 is 0. The van der Waals surface area contributed by atoms with Crippen LogP contribution in [-0.4, -0.2) is 75.1 Å². The predicted octanol–water partition coefficient (Wildman–Crippen LogP) is 1.46. The van der Waals surface area contributed by atoms with E-state index in [2.05, 4.69) is 9.88 Å². The highest BCUT2D eigenvalue weighted by Crippen LogP contribution is 2.35. The highest BCUT2D eigenvalue weighted by molar-refractivity contribution is 7.18. The molecular weight excluding hydrogens is 466 g/mol. The maximum Gasteiger partial charge on any atom is 0.259 e. The Morgan fingerprint density at radius 2 is 1.69 bits per heavy atom.